The Kier molecular flexibility index (Phi) is 2.76. The average Bonchev–Trinajstić information content (AvgIpc) is 2.62. The van der Waals surface area contributed by atoms with Crippen LogP contribution in [0.2, 0.25) is 0 Å². The Labute approximate surface area is 114 Å². The molecule has 19 heavy (non-hydrogen) atoms. The van der Waals surface area contributed by atoms with Gasteiger partial charge in [0.15, 0.2) is 5.78 Å². The predicted molar refractivity (Wildman–Crippen MR) is 71.6 cm³/mol. The van der Waals surface area contributed by atoms with Crippen LogP contribution in [-0.4, -0.2) is 22.3 Å². The fourth-order valence-corrected chi connectivity index (χ4v) is 4.52. The number of carbonyl (C=O) groups is 2. The zero-order valence-corrected chi connectivity index (χ0v) is 11.8. The Morgan fingerprint density at radius 1 is 1.32 bits per heavy atom. The summed E-state index contributed by atoms with van der Waals surface area (Å²) in [5.74, 6) is 0.553. The van der Waals surface area contributed by atoms with Crippen molar-refractivity contribution in [1.82, 2.24) is 0 Å². The summed E-state index contributed by atoms with van der Waals surface area (Å²) in [5, 5.41) is 10.6. The standard InChI is InChI=1S/C16H22O3/c1-10(17)16(19)8-14-13-4-3-12(18)7-11(13)5-6-15(14,2)9-16/h14,19H,3-9H2,1-2H3. The van der Waals surface area contributed by atoms with E-state index >= 15 is 0 Å². The summed E-state index contributed by atoms with van der Waals surface area (Å²) < 4.78 is 0. The minimum Gasteiger partial charge on any atom is -0.382 e. The molecule has 3 atom stereocenters. The summed E-state index contributed by atoms with van der Waals surface area (Å²) >= 11 is 0. The van der Waals surface area contributed by atoms with Crippen molar-refractivity contribution < 1.29 is 14.7 Å². The molecule has 3 aliphatic rings. The Morgan fingerprint density at radius 3 is 2.74 bits per heavy atom. The Morgan fingerprint density at radius 2 is 2.05 bits per heavy atom. The third kappa shape index (κ3) is 1.90. The van der Waals surface area contributed by atoms with E-state index in [9.17, 15) is 14.7 Å². The lowest BCUT2D eigenvalue weighted by Gasteiger charge is -2.40. The van der Waals surface area contributed by atoms with Crippen LogP contribution in [0.5, 0.6) is 0 Å². The largest absolute Gasteiger partial charge is 0.382 e. The Hall–Kier alpha value is -0.960. The summed E-state index contributed by atoms with van der Waals surface area (Å²) in [5.41, 5.74) is 1.61. The van der Waals surface area contributed by atoms with Crippen LogP contribution < -0.4 is 0 Å². The number of rotatable bonds is 1. The fraction of sp³-hybridized carbons (Fsp3) is 0.750. The topological polar surface area (TPSA) is 54.4 Å². The first-order chi connectivity index (χ1) is 8.84. The van der Waals surface area contributed by atoms with E-state index < -0.39 is 5.60 Å². The maximum absolute atomic E-state index is 11.7. The molecule has 3 heteroatoms. The third-order valence-electron chi connectivity index (χ3n) is 5.69. The van der Waals surface area contributed by atoms with Gasteiger partial charge in [-0.15, -0.1) is 0 Å². The van der Waals surface area contributed by atoms with Gasteiger partial charge in [0.2, 0.25) is 0 Å². The second-order valence-electron chi connectivity index (χ2n) is 7.02. The van der Waals surface area contributed by atoms with Crippen LogP contribution in [0.3, 0.4) is 0 Å². The van der Waals surface area contributed by atoms with E-state index in [0.717, 1.165) is 19.3 Å². The van der Waals surface area contributed by atoms with E-state index in [1.807, 2.05) is 0 Å². The molecule has 104 valence electrons. The molecule has 0 aromatic heterocycles. The van der Waals surface area contributed by atoms with Gasteiger partial charge in [-0.1, -0.05) is 18.1 Å². The molecule has 0 aliphatic heterocycles. The number of aliphatic hydroxyl groups is 1. The summed E-state index contributed by atoms with van der Waals surface area (Å²) in [7, 11) is 0. The SMILES string of the molecule is CC(=O)C1(O)CC2C3=C(CCC2(C)C1)CC(=O)CC3. The van der Waals surface area contributed by atoms with E-state index in [1.54, 1.807) is 0 Å². The summed E-state index contributed by atoms with van der Waals surface area (Å²) in [6.07, 6.45) is 5.23. The molecule has 3 nitrogen and oxygen atoms in total. The molecule has 0 aromatic rings. The van der Waals surface area contributed by atoms with Crippen LogP contribution in [0.4, 0.5) is 0 Å². The molecule has 1 N–H and O–H groups in total. The zero-order chi connectivity index (χ0) is 13.8. The quantitative estimate of drug-likeness (QED) is 0.739. The van der Waals surface area contributed by atoms with Gasteiger partial charge < -0.3 is 5.11 Å². The predicted octanol–water partition coefficient (Wildman–Crippen LogP) is 2.57. The van der Waals surface area contributed by atoms with Crippen molar-refractivity contribution in [1.29, 1.82) is 0 Å². The minimum absolute atomic E-state index is 0.0413. The maximum atomic E-state index is 11.7. The van der Waals surface area contributed by atoms with Gasteiger partial charge in [0.05, 0.1) is 0 Å². The number of hydrogen-bond donors (Lipinski definition) is 1. The summed E-state index contributed by atoms with van der Waals surface area (Å²) in [6.45, 7) is 3.71. The van der Waals surface area contributed by atoms with Crippen molar-refractivity contribution in [2.75, 3.05) is 0 Å². The highest BCUT2D eigenvalue weighted by molar-refractivity contribution is 5.86. The first kappa shape index (κ1) is 13.0. The van der Waals surface area contributed by atoms with Gasteiger partial charge >= 0.3 is 0 Å². The van der Waals surface area contributed by atoms with E-state index in [4.69, 9.17) is 0 Å². The molecule has 3 unspecified atom stereocenters. The number of carbonyl (C=O) groups excluding carboxylic acids is 2. The van der Waals surface area contributed by atoms with Crippen LogP contribution >= 0.6 is 0 Å². The molecule has 0 bridgehead atoms. The molecule has 1 fully saturated rings. The van der Waals surface area contributed by atoms with Crippen LogP contribution in [0, 0.1) is 11.3 Å². The second-order valence-corrected chi connectivity index (χ2v) is 7.02. The number of fused-ring (bicyclic) bond motifs is 2. The highest BCUT2D eigenvalue weighted by atomic mass is 16.3. The van der Waals surface area contributed by atoms with Gasteiger partial charge in [-0.25, -0.2) is 0 Å². The molecule has 3 rings (SSSR count). The number of ketones is 2. The maximum Gasteiger partial charge on any atom is 0.161 e. The summed E-state index contributed by atoms with van der Waals surface area (Å²) in [4.78, 5) is 23.3. The van der Waals surface area contributed by atoms with E-state index in [2.05, 4.69) is 6.92 Å². The van der Waals surface area contributed by atoms with E-state index in [-0.39, 0.29) is 11.2 Å². The normalized spacial score (nSPS) is 42.1. The molecule has 0 radical (unpaired) electrons. The van der Waals surface area contributed by atoms with E-state index in [1.165, 1.54) is 18.1 Å². The third-order valence-corrected chi connectivity index (χ3v) is 5.69. The monoisotopic (exact) mass is 262 g/mol. The van der Waals surface area contributed by atoms with Crippen molar-refractivity contribution in [3.63, 3.8) is 0 Å². The van der Waals surface area contributed by atoms with Crippen molar-refractivity contribution in [2.24, 2.45) is 11.3 Å². The molecule has 0 heterocycles. The molecule has 0 aromatic carbocycles. The lowest BCUT2D eigenvalue weighted by atomic mass is 9.64. The Bertz CT molecular complexity index is 490. The molecule has 3 aliphatic carbocycles. The second kappa shape index (κ2) is 4.02. The Balaban J connectivity index is 1.97. The van der Waals surface area contributed by atoms with E-state index in [0.29, 0.717) is 37.4 Å². The molecule has 0 saturated heterocycles. The van der Waals surface area contributed by atoms with Crippen molar-refractivity contribution in [2.45, 2.75) is 64.4 Å². The summed E-state index contributed by atoms with van der Waals surface area (Å²) in [6, 6.07) is 0. The average molecular weight is 262 g/mol. The lowest BCUT2D eigenvalue weighted by molar-refractivity contribution is -0.135. The minimum atomic E-state index is -1.14. The van der Waals surface area contributed by atoms with Crippen molar-refractivity contribution >= 4 is 11.6 Å². The molecule has 0 amide bonds. The van der Waals surface area contributed by atoms with Crippen molar-refractivity contribution in [3.05, 3.63) is 11.1 Å². The molecule has 0 spiro atoms. The number of hydrogen-bond acceptors (Lipinski definition) is 3. The van der Waals surface area contributed by atoms with Crippen LogP contribution in [0.1, 0.15) is 58.8 Å². The highest BCUT2D eigenvalue weighted by Crippen LogP contribution is 2.59. The van der Waals surface area contributed by atoms with Gasteiger partial charge in [-0.2, -0.15) is 0 Å². The smallest absolute Gasteiger partial charge is 0.161 e. The zero-order valence-electron chi connectivity index (χ0n) is 11.8. The number of Topliss-reactive ketones (excluding diaryl/α,β-unsaturated/α-hetero) is 2. The van der Waals surface area contributed by atoms with Gasteiger partial charge in [0.1, 0.15) is 11.4 Å². The van der Waals surface area contributed by atoms with Crippen LogP contribution in [-0.2, 0) is 9.59 Å². The van der Waals surface area contributed by atoms with Gasteiger partial charge in [-0.3, -0.25) is 9.59 Å². The van der Waals surface area contributed by atoms with Crippen LogP contribution in [0.25, 0.3) is 0 Å². The van der Waals surface area contributed by atoms with Gasteiger partial charge in [-0.05, 0) is 50.4 Å². The highest BCUT2D eigenvalue weighted by Gasteiger charge is 2.56. The molecular weight excluding hydrogens is 240 g/mol. The van der Waals surface area contributed by atoms with Gasteiger partial charge in [0.25, 0.3) is 0 Å². The van der Waals surface area contributed by atoms with Crippen molar-refractivity contribution in [3.8, 4) is 0 Å². The number of allylic oxidation sites excluding steroid dienone is 2. The first-order valence-electron chi connectivity index (χ1n) is 7.30. The fourth-order valence-electron chi connectivity index (χ4n) is 4.52. The molecular formula is C16H22O3. The lowest BCUT2D eigenvalue weighted by Crippen LogP contribution is -2.35. The molecule has 1 saturated carbocycles. The van der Waals surface area contributed by atoms with Gasteiger partial charge in [0, 0.05) is 12.8 Å². The first-order valence-corrected chi connectivity index (χ1v) is 7.30. The van der Waals surface area contributed by atoms with Crippen LogP contribution in [0.15, 0.2) is 11.1 Å².